The molecule has 0 aliphatic carbocycles. The zero-order valence-electron chi connectivity index (χ0n) is 53.9. The van der Waals surface area contributed by atoms with Crippen molar-refractivity contribution in [1.82, 2.24) is 0 Å². The van der Waals surface area contributed by atoms with Crippen LogP contribution in [0.25, 0.3) is 0 Å². The molecule has 0 amide bonds. The highest BCUT2D eigenvalue weighted by molar-refractivity contribution is 5.71. The third-order valence-corrected chi connectivity index (χ3v) is 16.1. The van der Waals surface area contributed by atoms with E-state index in [4.69, 9.17) is 14.2 Å². The smallest absolute Gasteiger partial charge is 0.306 e. The van der Waals surface area contributed by atoms with E-state index in [0.717, 1.165) is 96.3 Å². The van der Waals surface area contributed by atoms with Crippen LogP contribution in [0, 0.1) is 0 Å². The molecule has 1 atom stereocenters. The van der Waals surface area contributed by atoms with Crippen LogP contribution in [-0.4, -0.2) is 37.2 Å². The minimum Gasteiger partial charge on any atom is -0.462 e. The fourth-order valence-electron chi connectivity index (χ4n) is 10.8. The van der Waals surface area contributed by atoms with E-state index >= 15 is 0 Å². The standard InChI is InChI=1S/C74H136O6/c1-4-7-10-13-16-19-22-25-27-28-29-30-31-32-33-34-35-36-37-38-39-40-41-42-43-44-45-46-48-49-52-55-58-61-64-67-73(76)79-70-71(69-78-72(75)66-63-60-57-54-51-24-21-18-15-12-9-6-3)80-74(77)68-65-62-59-56-53-50-47-26-23-20-17-14-11-8-5-2/h8,11,17,20,26,28-29,47,71H,4-7,9-10,12-16,18-19,21-25,27,30-46,48-70H2,1-3H3/b11-8-,20-17-,29-28-,47-26-. The van der Waals surface area contributed by atoms with Gasteiger partial charge >= 0.3 is 17.9 Å². The Hall–Kier alpha value is -2.63. The fraction of sp³-hybridized carbons (Fsp3) is 0.851. The van der Waals surface area contributed by atoms with Crippen molar-refractivity contribution in [2.75, 3.05) is 13.2 Å². The number of unbranched alkanes of at least 4 members (excludes halogenated alkanes) is 47. The van der Waals surface area contributed by atoms with E-state index in [-0.39, 0.29) is 31.1 Å². The van der Waals surface area contributed by atoms with E-state index in [1.165, 1.54) is 250 Å². The molecule has 0 aliphatic rings. The second-order valence-corrected chi connectivity index (χ2v) is 24.1. The van der Waals surface area contributed by atoms with E-state index in [9.17, 15) is 14.4 Å². The molecule has 468 valence electrons. The van der Waals surface area contributed by atoms with Crippen LogP contribution in [0.3, 0.4) is 0 Å². The van der Waals surface area contributed by atoms with Gasteiger partial charge in [-0.05, 0) is 77.0 Å². The molecule has 0 rings (SSSR count). The summed E-state index contributed by atoms with van der Waals surface area (Å²) in [5.41, 5.74) is 0. The van der Waals surface area contributed by atoms with Gasteiger partial charge in [-0.1, -0.05) is 339 Å². The number of carbonyl (C=O) groups excluding carboxylic acids is 3. The molecule has 0 aromatic rings. The molecule has 0 aromatic heterocycles. The second-order valence-electron chi connectivity index (χ2n) is 24.1. The third-order valence-electron chi connectivity index (χ3n) is 16.1. The predicted octanol–water partition coefficient (Wildman–Crippen LogP) is 24.5. The molecule has 0 spiro atoms. The molecule has 1 unspecified atom stereocenters. The maximum Gasteiger partial charge on any atom is 0.306 e. The minimum absolute atomic E-state index is 0.0752. The fourth-order valence-corrected chi connectivity index (χ4v) is 10.8. The van der Waals surface area contributed by atoms with Gasteiger partial charge in [0.25, 0.3) is 0 Å². The Morgan fingerprint density at radius 2 is 0.487 bits per heavy atom. The monoisotopic (exact) mass is 1120 g/mol. The highest BCUT2D eigenvalue weighted by atomic mass is 16.6. The number of ether oxygens (including phenoxy) is 3. The SMILES string of the molecule is CC/C=C\C/C=C\C/C=C\CCCCCCCC(=O)OC(COC(=O)CCCCCCCCCCCCCC)COC(=O)CCCCCCCCCCCCCCCCCCCCCCCCC/C=C\CCCCCCCCCC. The lowest BCUT2D eigenvalue weighted by atomic mass is 10.0. The highest BCUT2D eigenvalue weighted by Crippen LogP contribution is 2.18. The lowest BCUT2D eigenvalue weighted by Crippen LogP contribution is -2.30. The number of carbonyl (C=O) groups is 3. The van der Waals surface area contributed by atoms with Crippen LogP contribution in [-0.2, 0) is 28.6 Å². The first-order valence-corrected chi connectivity index (χ1v) is 35.6. The summed E-state index contributed by atoms with van der Waals surface area (Å²) in [6.07, 6.45) is 87.4. The molecule has 0 saturated heterocycles. The Morgan fingerprint density at radius 1 is 0.263 bits per heavy atom. The first-order valence-electron chi connectivity index (χ1n) is 35.6. The Morgan fingerprint density at radius 3 is 0.775 bits per heavy atom. The summed E-state index contributed by atoms with van der Waals surface area (Å²) in [4.78, 5) is 38.3. The molecule has 6 nitrogen and oxygen atoms in total. The van der Waals surface area contributed by atoms with Gasteiger partial charge < -0.3 is 14.2 Å². The highest BCUT2D eigenvalue weighted by Gasteiger charge is 2.19. The normalized spacial score (nSPS) is 12.3. The molecule has 0 heterocycles. The van der Waals surface area contributed by atoms with Crippen molar-refractivity contribution in [3.8, 4) is 0 Å². The molecule has 0 radical (unpaired) electrons. The van der Waals surface area contributed by atoms with Gasteiger partial charge in [0.2, 0.25) is 0 Å². The van der Waals surface area contributed by atoms with Crippen LogP contribution < -0.4 is 0 Å². The second kappa shape index (κ2) is 68.9. The molecular weight excluding hydrogens is 985 g/mol. The van der Waals surface area contributed by atoms with E-state index < -0.39 is 6.10 Å². The maximum atomic E-state index is 12.9. The zero-order chi connectivity index (χ0) is 57.8. The molecular formula is C74H136O6. The summed E-state index contributed by atoms with van der Waals surface area (Å²) in [6.45, 7) is 6.57. The molecule has 0 aromatic carbocycles. The van der Waals surface area contributed by atoms with Gasteiger partial charge in [0.15, 0.2) is 6.10 Å². The molecule has 0 N–H and O–H groups in total. The topological polar surface area (TPSA) is 78.9 Å². The van der Waals surface area contributed by atoms with Crippen molar-refractivity contribution in [3.05, 3.63) is 48.6 Å². The van der Waals surface area contributed by atoms with Crippen molar-refractivity contribution in [2.45, 2.75) is 393 Å². The van der Waals surface area contributed by atoms with Crippen LogP contribution in [0.4, 0.5) is 0 Å². The number of allylic oxidation sites excluding steroid dienone is 8. The van der Waals surface area contributed by atoms with Crippen LogP contribution in [0.2, 0.25) is 0 Å². The summed E-state index contributed by atoms with van der Waals surface area (Å²) in [5, 5.41) is 0. The zero-order valence-corrected chi connectivity index (χ0v) is 53.9. The van der Waals surface area contributed by atoms with Crippen molar-refractivity contribution in [1.29, 1.82) is 0 Å². The Labute approximate surface area is 498 Å². The molecule has 0 bridgehead atoms. The van der Waals surface area contributed by atoms with Crippen molar-refractivity contribution >= 4 is 17.9 Å². The Kier molecular flexibility index (Phi) is 66.6. The van der Waals surface area contributed by atoms with Gasteiger partial charge in [0.1, 0.15) is 13.2 Å². The van der Waals surface area contributed by atoms with Crippen LogP contribution in [0.5, 0.6) is 0 Å². The van der Waals surface area contributed by atoms with E-state index in [1.807, 2.05) is 0 Å². The molecule has 0 saturated carbocycles. The third kappa shape index (κ3) is 66.2. The van der Waals surface area contributed by atoms with Crippen molar-refractivity contribution in [2.24, 2.45) is 0 Å². The minimum atomic E-state index is -0.779. The number of esters is 3. The maximum absolute atomic E-state index is 12.9. The van der Waals surface area contributed by atoms with Gasteiger partial charge in [0.05, 0.1) is 0 Å². The Bertz CT molecular complexity index is 1380. The van der Waals surface area contributed by atoms with E-state index in [2.05, 4.69) is 69.4 Å². The van der Waals surface area contributed by atoms with Gasteiger partial charge in [-0.15, -0.1) is 0 Å². The van der Waals surface area contributed by atoms with Crippen molar-refractivity contribution in [3.63, 3.8) is 0 Å². The molecule has 6 heteroatoms. The van der Waals surface area contributed by atoms with Crippen LogP contribution in [0.1, 0.15) is 387 Å². The summed E-state index contributed by atoms with van der Waals surface area (Å²) >= 11 is 0. The average molecular weight is 1120 g/mol. The van der Waals surface area contributed by atoms with Gasteiger partial charge in [0, 0.05) is 19.3 Å². The number of hydrogen-bond acceptors (Lipinski definition) is 6. The molecule has 0 fully saturated rings. The average Bonchev–Trinajstić information content (AvgIpc) is 3.46. The van der Waals surface area contributed by atoms with Gasteiger partial charge in [-0.25, -0.2) is 0 Å². The molecule has 0 aliphatic heterocycles. The van der Waals surface area contributed by atoms with Gasteiger partial charge in [-0.2, -0.15) is 0 Å². The first kappa shape index (κ1) is 77.4. The van der Waals surface area contributed by atoms with Gasteiger partial charge in [-0.3, -0.25) is 14.4 Å². The first-order chi connectivity index (χ1) is 39.5. The van der Waals surface area contributed by atoms with Crippen LogP contribution >= 0.6 is 0 Å². The molecule has 80 heavy (non-hydrogen) atoms. The summed E-state index contributed by atoms with van der Waals surface area (Å²) < 4.78 is 16.9. The van der Waals surface area contributed by atoms with E-state index in [0.29, 0.717) is 19.3 Å². The summed E-state index contributed by atoms with van der Waals surface area (Å²) in [7, 11) is 0. The summed E-state index contributed by atoms with van der Waals surface area (Å²) in [5.74, 6) is -0.870. The lowest BCUT2D eigenvalue weighted by molar-refractivity contribution is -0.167. The van der Waals surface area contributed by atoms with Crippen LogP contribution in [0.15, 0.2) is 48.6 Å². The quantitative estimate of drug-likeness (QED) is 0.0261. The summed E-state index contributed by atoms with van der Waals surface area (Å²) in [6, 6.07) is 0. The predicted molar refractivity (Wildman–Crippen MR) is 349 cm³/mol. The lowest BCUT2D eigenvalue weighted by Gasteiger charge is -2.18. The van der Waals surface area contributed by atoms with E-state index in [1.54, 1.807) is 0 Å². The van der Waals surface area contributed by atoms with Crippen molar-refractivity contribution < 1.29 is 28.6 Å². The number of hydrogen-bond donors (Lipinski definition) is 0. The number of rotatable bonds is 66. The Balaban J connectivity index is 4.03. The largest absolute Gasteiger partial charge is 0.462 e.